The lowest BCUT2D eigenvalue weighted by molar-refractivity contribution is 0.392. The van der Waals surface area contributed by atoms with E-state index < -0.39 is 0 Å². The highest BCUT2D eigenvalue weighted by Crippen LogP contribution is 2.31. The van der Waals surface area contributed by atoms with Gasteiger partial charge in [-0.2, -0.15) is 0 Å². The fourth-order valence-corrected chi connectivity index (χ4v) is 1.58. The minimum atomic E-state index is -0.0243. The maximum atomic E-state index is 5.35. The van der Waals surface area contributed by atoms with Crippen LogP contribution in [0.1, 0.15) is 51.8 Å². The van der Waals surface area contributed by atoms with Crippen LogP contribution in [-0.2, 0) is 5.41 Å². The van der Waals surface area contributed by atoms with E-state index in [4.69, 9.17) is 9.05 Å². The highest BCUT2D eigenvalue weighted by atomic mass is 16.5. The summed E-state index contributed by atoms with van der Waals surface area (Å²) < 4.78 is 10.4. The summed E-state index contributed by atoms with van der Waals surface area (Å²) >= 11 is 0. The minimum Gasteiger partial charge on any atom is -0.364 e. The van der Waals surface area contributed by atoms with Crippen LogP contribution in [0.4, 0.5) is 0 Å². The first-order valence-electron chi connectivity index (χ1n) is 5.81. The van der Waals surface area contributed by atoms with Crippen LogP contribution in [0.25, 0.3) is 11.5 Å². The largest absolute Gasteiger partial charge is 0.364 e. The lowest BCUT2D eigenvalue weighted by Crippen LogP contribution is -2.10. The van der Waals surface area contributed by atoms with Crippen molar-refractivity contribution < 1.29 is 9.05 Å². The van der Waals surface area contributed by atoms with Crippen LogP contribution >= 0.6 is 0 Å². The third-order valence-electron chi connectivity index (χ3n) is 2.73. The Morgan fingerprint density at radius 2 is 1.88 bits per heavy atom. The molecular weight excluding hydrogens is 216 g/mol. The minimum absolute atomic E-state index is 0.0243. The molecule has 0 bridgehead atoms. The van der Waals surface area contributed by atoms with E-state index in [1.165, 1.54) is 0 Å². The lowest BCUT2D eigenvalue weighted by Gasteiger charge is -2.12. The van der Waals surface area contributed by atoms with Gasteiger partial charge in [0.15, 0.2) is 11.5 Å². The fourth-order valence-electron chi connectivity index (χ4n) is 1.58. The number of nitrogens with zero attached hydrogens (tertiary/aromatic N) is 2. The van der Waals surface area contributed by atoms with E-state index in [0.717, 1.165) is 17.0 Å². The van der Waals surface area contributed by atoms with E-state index in [0.29, 0.717) is 11.7 Å². The van der Waals surface area contributed by atoms with Crippen LogP contribution < -0.4 is 0 Å². The zero-order valence-corrected chi connectivity index (χ0v) is 10.9. The first-order chi connectivity index (χ1) is 7.89. The molecule has 0 spiro atoms. The molecule has 0 aromatic carbocycles. The molecule has 2 rings (SSSR count). The Bertz CT molecular complexity index is 503. The van der Waals surface area contributed by atoms with Crippen LogP contribution in [0, 0.1) is 0 Å². The summed E-state index contributed by atoms with van der Waals surface area (Å²) in [5.41, 5.74) is 2.69. The second-order valence-electron chi connectivity index (χ2n) is 5.60. The summed E-state index contributed by atoms with van der Waals surface area (Å²) in [4.78, 5) is 0. The second-order valence-corrected chi connectivity index (χ2v) is 5.60. The highest BCUT2D eigenvalue weighted by Gasteiger charge is 2.22. The van der Waals surface area contributed by atoms with E-state index >= 15 is 0 Å². The molecule has 0 aliphatic carbocycles. The smallest absolute Gasteiger partial charge is 0.189 e. The highest BCUT2D eigenvalue weighted by molar-refractivity contribution is 5.57. The molecule has 2 heterocycles. The van der Waals surface area contributed by atoms with Gasteiger partial charge in [-0.1, -0.05) is 44.9 Å². The van der Waals surface area contributed by atoms with Crippen LogP contribution in [0.3, 0.4) is 0 Å². The summed E-state index contributed by atoms with van der Waals surface area (Å²) in [7, 11) is 0. The Kier molecular flexibility index (Phi) is 2.81. The molecule has 0 aliphatic rings. The Labute approximate surface area is 101 Å². The number of hydrogen-bond acceptors (Lipinski definition) is 4. The van der Waals surface area contributed by atoms with Gasteiger partial charge >= 0.3 is 0 Å². The molecule has 0 saturated carbocycles. The van der Waals surface area contributed by atoms with Gasteiger partial charge in [-0.3, -0.25) is 0 Å². The molecule has 0 radical (unpaired) electrons. The van der Waals surface area contributed by atoms with Gasteiger partial charge in [0.25, 0.3) is 0 Å². The summed E-state index contributed by atoms with van der Waals surface area (Å²) in [6.45, 7) is 10.5. The van der Waals surface area contributed by atoms with E-state index in [1.807, 2.05) is 6.07 Å². The van der Waals surface area contributed by atoms with Gasteiger partial charge in [-0.25, -0.2) is 0 Å². The van der Waals surface area contributed by atoms with Gasteiger partial charge in [-0.05, 0) is 5.92 Å². The van der Waals surface area contributed by atoms with Gasteiger partial charge in [0.2, 0.25) is 0 Å². The second kappa shape index (κ2) is 4.02. The fraction of sp³-hybridized carbons (Fsp3) is 0.538. The predicted octanol–water partition coefficient (Wildman–Crippen LogP) is 3.75. The van der Waals surface area contributed by atoms with Crippen LogP contribution in [0.5, 0.6) is 0 Å². The summed E-state index contributed by atoms with van der Waals surface area (Å²) in [5, 5.41) is 8.08. The van der Waals surface area contributed by atoms with Crippen LogP contribution in [0.15, 0.2) is 21.4 Å². The molecule has 0 fully saturated rings. The van der Waals surface area contributed by atoms with Crippen molar-refractivity contribution in [3.8, 4) is 11.5 Å². The van der Waals surface area contributed by atoms with Gasteiger partial charge in [0.05, 0.1) is 5.69 Å². The number of aromatic nitrogens is 2. The first-order valence-corrected chi connectivity index (χ1v) is 5.81. The zero-order chi connectivity index (χ0) is 12.6. The van der Waals surface area contributed by atoms with Crippen molar-refractivity contribution in [2.45, 2.75) is 46.0 Å². The lowest BCUT2D eigenvalue weighted by atomic mass is 9.92. The van der Waals surface area contributed by atoms with Crippen LogP contribution in [0.2, 0.25) is 0 Å². The van der Waals surface area contributed by atoms with Crippen LogP contribution in [-0.4, -0.2) is 10.3 Å². The standard InChI is InChI=1S/C13H18N2O2/c1-8(2)9-7-16-15-12(9)10-6-11(14-17-10)13(3,4)5/h6-8H,1-5H3. The van der Waals surface area contributed by atoms with Gasteiger partial charge in [-0.15, -0.1) is 0 Å². The molecule has 0 aliphatic heterocycles. The summed E-state index contributed by atoms with van der Waals surface area (Å²) in [6.07, 6.45) is 1.67. The normalized spacial score (nSPS) is 12.4. The molecular formula is C13H18N2O2. The Morgan fingerprint density at radius 1 is 1.18 bits per heavy atom. The maximum absolute atomic E-state index is 5.35. The van der Waals surface area contributed by atoms with Crippen molar-refractivity contribution in [2.24, 2.45) is 0 Å². The molecule has 92 valence electrons. The monoisotopic (exact) mass is 234 g/mol. The van der Waals surface area contributed by atoms with Crippen molar-refractivity contribution in [3.63, 3.8) is 0 Å². The molecule has 0 atom stereocenters. The molecule has 0 amide bonds. The molecule has 0 saturated heterocycles. The molecule has 2 aromatic rings. The molecule has 0 N–H and O–H groups in total. The summed E-state index contributed by atoms with van der Waals surface area (Å²) in [6, 6.07) is 1.93. The average molecular weight is 234 g/mol. The molecule has 4 nitrogen and oxygen atoms in total. The van der Waals surface area contributed by atoms with Gasteiger partial charge < -0.3 is 9.05 Å². The van der Waals surface area contributed by atoms with Gasteiger partial charge in [0, 0.05) is 17.0 Å². The van der Waals surface area contributed by atoms with E-state index in [1.54, 1.807) is 6.26 Å². The van der Waals surface area contributed by atoms with Gasteiger partial charge in [0.1, 0.15) is 6.26 Å². The Hall–Kier alpha value is -1.58. The number of rotatable bonds is 2. The van der Waals surface area contributed by atoms with Crippen molar-refractivity contribution in [1.82, 2.24) is 10.3 Å². The summed E-state index contributed by atoms with van der Waals surface area (Å²) in [5.74, 6) is 1.02. The molecule has 2 aromatic heterocycles. The molecule has 4 heteroatoms. The molecule has 0 unspecified atom stereocenters. The zero-order valence-electron chi connectivity index (χ0n) is 10.9. The predicted molar refractivity (Wildman–Crippen MR) is 64.8 cm³/mol. The third-order valence-corrected chi connectivity index (χ3v) is 2.73. The third kappa shape index (κ3) is 2.25. The number of hydrogen-bond donors (Lipinski definition) is 0. The Balaban J connectivity index is 2.41. The first kappa shape index (κ1) is 11.9. The van der Waals surface area contributed by atoms with E-state index in [2.05, 4.69) is 44.9 Å². The van der Waals surface area contributed by atoms with E-state index in [-0.39, 0.29) is 5.41 Å². The average Bonchev–Trinajstić information content (AvgIpc) is 2.85. The quantitative estimate of drug-likeness (QED) is 0.794. The molecule has 17 heavy (non-hydrogen) atoms. The van der Waals surface area contributed by atoms with Crippen molar-refractivity contribution in [3.05, 3.63) is 23.6 Å². The van der Waals surface area contributed by atoms with E-state index in [9.17, 15) is 0 Å². The van der Waals surface area contributed by atoms with Crippen molar-refractivity contribution in [1.29, 1.82) is 0 Å². The van der Waals surface area contributed by atoms with Crippen molar-refractivity contribution >= 4 is 0 Å². The Morgan fingerprint density at radius 3 is 2.41 bits per heavy atom. The maximum Gasteiger partial charge on any atom is 0.189 e. The van der Waals surface area contributed by atoms with Crippen molar-refractivity contribution in [2.75, 3.05) is 0 Å². The topological polar surface area (TPSA) is 52.1 Å². The SMILES string of the molecule is CC(C)c1conc1-c1cc(C(C)(C)C)no1.